The number of benzene rings is 1. The lowest BCUT2D eigenvalue weighted by Gasteiger charge is -2.02. The average Bonchev–Trinajstić information content (AvgIpc) is 2.84. The van der Waals surface area contributed by atoms with Crippen molar-refractivity contribution in [2.24, 2.45) is 0 Å². The Morgan fingerprint density at radius 1 is 1.39 bits per heavy atom. The second-order valence-corrected chi connectivity index (χ2v) is 4.84. The van der Waals surface area contributed by atoms with Crippen molar-refractivity contribution in [1.29, 1.82) is 0 Å². The first-order chi connectivity index (χ1) is 8.63. The summed E-state index contributed by atoms with van der Waals surface area (Å²) in [5, 5.41) is 3.75. The van der Waals surface area contributed by atoms with Gasteiger partial charge in [0.15, 0.2) is 5.82 Å². The van der Waals surface area contributed by atoms with Crippen molar-refractivity contribution in [2.75, 3.05) is 5.73 Å². The third-order valence-corrected chi connectivity index (χ3v) is 3.10. The van der Waals surface area contributed by atoms with Crippen LogP contribution in [0.25, 0.3) is 11.0 Å². The standard InChI is InChI=1S/C11H10BrN5O/c1-6-14-10(18-16-6)5-17-9-3-2-7(12)4-8(9)15-11(17)13/h2-4H,5H2,1H3,(H2,13,15). The summed E-state index contributed by atoms with van der Waals surface area (Å²) in [7, 11) is 0. The van der Waals surface area contributed by atoms with E-state index in [1.54, 1.807) is 6.92 Å². The lowest BCUT2D eigenvalue weighted by molar-refractivity contribution is 0.369. The molecule has 0 aliphatic carbocycles. The molecule has 0 saturated heterocycles. The largest absolute Gasteiger partial charge is 0.369 e. The Kier molecular flexibility index (Phi) is 2.55. The SMILES string of the molecule is Cc1noc(Cn2c(N)nc3cc(Br)ccc32)n1. The zero-order valence-electron chi connectivity index (χ0n) is 9.59. The Morgan fingerprint density at radius 2 is 2.22 bits per heavy atom. The third-order valence-electron chi connectivity index (χ3n) is 2.60. The number of fused-ring (bicyclic) bond motifs is 1. The minimum Gasteiger partial charge on any atom is -0.369 e. The van der Waals surface area contributed by atoms with E-state index < -0.39 is 0 Å². The van der Waals surface area contributed by atoms with Gasteiger partial charge in [-0.1, -0.05) is 21.1 Å². The van der Waals surface area contributed by atoms with Crippen LogP contribution in [0.5, 0.6) is 0 Å². The van der Waals surface area contributed by atoms with Gasteiger partial charge in [0.05, 0.1) is 11.0 Å². The number of hydrogen-bond acceptors (Lipinski definition) is 5. The molecule has 2 N–H and O–H groups in total. The predicted molar refractivity (Wildman–Crippen MR) is 70.0 cm³/mol. The second-order valence-electron chi connectivity index (χ2n) is 3.92. The minimum atomic E-state index is 0.421. The minimum absolute atomic E-state index is 0.421. The number of aromatic nitrogens is 4. The molecule has 0 amide bonds. The van der Waals surface area contributed by atoms with E-state index in [0.29, 0.717) is 24.2 Å². The molecule has 0 aliphatic rings. The van der Waals surface area contributed by atoms with E-state index in [2.05, 4.69) is 31.1 Å². The van der Waals surface area contributed by atoms with Crippen LogP contribution in [0.1, 0.15) is 11.7 Å². The molecule has 18 heavy (non-hydrogen) atoms. The lowest BCUT2D eigenvalue weighted by Crippen LogP contribution is -2.04. The number of imidazole rings is 1. The molecule has 6 nitrogen and oxygen atoms in total. The van der Waals surface area contributed by atoms with Crippen molar-refractivity contribution in [1.82, 2.24) is 19.7 Å². The molecule has 92 valence electrons. The fraction of sp³-hybridized carbons (Fsp3) is 0.182. The Labute approximate surface area is 111 Å². The van der Waals surface area contributed by atoms with Gasteiger partial charge in [0.2, 0.25) is 11.8 Å². The van der Waals surface area contributed by atoms with Gasteiger partial charge < -0.3 is 14.8 Å². The van der Waals surface area contributed by atoms with Crippen LogP contribution in [0.3, 0.4) is 0 Å². The topological polar surface area (TPSA) is 82.8 Å². The van der Waals surface area contributed by atoms with Crippen molar-refractivity contribution < 1.29 is 4.52 Å². The van der Waals surface area contributed by atoms with E-state index in [9.17, 15) is 0 Å². The Morgan fingerprint density at radius 3 is 2.94 bits per heavy atom. The molecule has 0 aliphatic heterocycles. The van der Waals surface area contributed by atoms with Gasteiger partial charge in [-0.2, -0.15) is 4.98 Å². The number of aryl methyl sites for hydroxylation is 1. The number of hydrogen-bond donors (Lipinski definition) is 1. The van der Waals surface area contributed by atoms with Gasteiger partial charge >= 0.3 is 0 Å². The summed E-state index contributed by atoms with van der Waals surface area (Å²) in [4.78, 5) is 8.46. The summed E-state index contributed by atoms with van der Waals surface area (Å²) in [5.41, 5.74) is 7.67. The highest BCUT2D eigenvalue weighted by Crippen LogP contribution is 2.22. The maximum Gasteiger partial charge on any atom is 0.246 e. The molecule has 0 unspecified atom stereocenters. The smallest absolute Gasteiger partial charge is 0.246 e. The molecule has 0 bridgehead atoms. The van der Waals surface area contributed by atoms with Crippen LogP contribution in [-0.2, 0) is 6.54 Å². The van der Waals surface area contributed by atoms with Gasteiger partial charge in [0.1, 0.15) is 6.54 Å². The fourth-order valence-electron chi connectivity index (χ4n) is 1.83. The molecular formula is C11H10BrN5O. The first-order valence-electron chi connectivity index (χ1n) is 5.34. The average molecular weight is 308 g/mol. The third kappa shape index (κ3) is 1.86. The quantitative estimate of drug-likeness (QED) is 0.784. The maximum absolute atomic E-state index is 5.90. The van der Waals surface area contributed by atoms with Gasteiger partial charge in [-0.15, -0.1) is 0 Å². The van der Waals surface area contributed by atoms with Crippen LogP contribution in [0.4, 0.5) is 5.95 Å². The van der Waals surface area contributed by atoms with Crippen LogP contribution < -0.4 is 5.73 Å². The van der Waals surface area contributed by atoms with Crippen molar-refractivity contribution in [3.8, 4) is 0 Å². The van der Waals surface area contributed by atoms with E-state index in [0.717, 1.165) is 15.5 Å². The van der Waals surface area contributed by atoms with Crippen molar-refractivity contribution in [2.45, 2.75) is 13.5 Å². The molecule has 2 aromatic heterocycles. The van der Waals surface area contributed by atoms with Crippen LogP contribution in [-0.4, -0.2) is 19.7 Å². The summed E-state index contributed by atoms with van der Waals surface area (Å²) >= 11 is 3.41. The van der Waals surface area contributed by atoms with E-state index in [4.69, 9.17) is 10.3 Å². The van der Waals surface area contributed by atoms with Gasteiger partial charge in [0, 0.05) is 4.47 Å². The first kappa shape index (κ1) is 11.2. The monoisotopic (exact) mass is 307 g/mol. The van der Waals surface area contributed by atoms with E-state index in [1.165, 1.54) is 0 Å². The molecule has 0 atom stereocenters. The summed E-state index contributed by atoms with van der Waals surface area (Å²) in [6.45, 7) is 2.20. The molecule has 3 aromatic rings. The molecule has 0 saturated carbocycles. The van der Waals surface area contributed by atoms with Crippen molar-refractivity contribution >= 4 is 32.9 Å². The Bertz CT molecular complexity index is 717. The highest BCUT2D eigenvalue weighted by atomic mass is 79.9. The van der Waals surface area contributed by atoms with E-state index in [-0.39, 0.29) is 0 Å². The van der Waals surface area contributed by atoms with Gasteiger partial charge in [-0.3, -0.25) is 0 Å². The number of nitrogens with two attached hydrogens (primary N) is 1. The van der Waals surface area contributed by atoms with Crippen LogP contribution in [0, 0.1) is 6.92 Å². The number of anilines is 1. The molecule has 2 heterocycles. The number of halogens is 1. The van der Waals surface area contributed by atoms with Crippen LogP contribution in [0.15, 0.2) is 27.2 Å². The Hall–Kier alpha value is -1.89. The lowest BCUT2D eigenvalue weighted by atomic mass is 10.3. The molecule has 3 rings (SSSR count). The van der Waals surface area contributed by atoms with Gasteiger partial charge in [0.25, 0.3) is 0 Å². The number of rotatable bonds is 2. The normalized spacial score (nSPS) is 11.2. The number of nitrogens with zero attached hydrogens (tertiary/aromatic N) is 4. The van der Waals surface area contributed by atoms with Gasteiger partial charge in [-0.25, -0.2) is 4.98 Å². The van der Waals surface area contributed by atoms with E-state index in [1.807, 2.05) is 22.8 Å². The fourth-order valence-corrected chi connectivity index (χ4v) is 2.18. The molecular weight excluding hydrogens is 298 g/mol. The summed E-state index contributed by atoms with van der Waals surface area (Å²) in [6, 6.07) is 5.81. The molecule has 0 radical (unpaired) electrons. The molecule has 0 spiro atoms. The predicted octanol–water partition coefficient (Wildman–Crippen LogP) is 2.12. The molecule has 7 heteroatoms. The summed E-state index contributed by atoms with van der Waals surface area (Å²) in [5.74, 6) is 1.55. The first-order valence-corrected chi connectivity index (χ1v) is 6.13. The highest BCUT2D eigenvalue weighted by molar-refractivity contribution is 9.10. The van der Waals surface area contributed by atoms with Crippen LogP contribution >= 0.6 is 15.9 Å². The highest BCUT2D eigenvalue weighted by Gasteiger charge is 2.11. The maximum atomic E-state index is 5.90. The number of nitrogen functional groups attached to an aromatic ring is 1. The molecule has 0 fully saturated rings. The van der Waals surface area contributed by atoms with Gasteiger partial charge in [-0.05, 0) is 25.1 Å². The summed E-state index contributed by atoms with van der Waals surface area (Å²) in [6.07, 6.45) is 0. The zero-order valence-corrected chi connectivity index (χ0v) is 11.2. The Balaban J connectivity index is 2.08. The van der Waals surface area contributed by atoms with Crippen molar-refractivity contribution in [3.05, 3.63) is 34.4 Å². The summed E-state index contributed by atoms with van der Waals surface area (Å²) < 4.78 is 7.90. The van der Waals surface area contributed by atoms with E-state index >= 15 is 0 Å². The van der Waals surface area contributed by atoms with Crippen LogP contribution in [0.2, 0.25) is 0 Å². The molecule has 1 aromatic carbocycles. The van der Waals surface area contributed by atoms with Crippen molar-refractivity contribution in [3.63, 3.8) is 0 Å². The zero-order chi connectivity index (χ0) is 12.7. The second kappa shape index (κ2) is 4.09.